The van der Waals surface area contributed by atoms with Gasteiger partial charge in [0, 0.05) is 5.56 Å². The Morgan fingerprint density at radius 2 is 1.53 bits per heavy atom. The highest BCUT2D eigenvalue weighted by molar-refractivity contribution is 5.52. The van der Waals surface area contributed by atoms with E-state index in [1.807, 2.05) is 66.7 Å². The van der Waals surface area contributed by atoms with Crippen molar-refractivity contribution in [1.82, 2.24) is 0 Å². The first-order valence-corrected chi connectivity index (χ1v) is 6.21. The van der Waals surface area contributed by atoms with Crippen LogP contribution in [0.5, 0.6) is 0 Å². The summed E-state index contributed by atoms with van der Waals surface area (Å²) < 4.78 is 0. The van der Waals surface area contributed by atoms with Crippen LogP contribution >= 0.6 is 0 Å². The lowest BCUT2D eigenvalue weighted by atomic mass is 10.0. The van der Waals surface area contributed by atoms with E-state index >= 15 is 0 Å². The molecule has 1 unspecified atom stereocenters. The van der Waals surface area contributed by atoms with E-state index in [-0.39, 0.29) is 0 Å². The molecule has 0 aromatic heterocycles. The van der Waals surface area contributed by atoms with Crippen LogP contribution in [0.4, 0.5) is 0 Å². The summed E-state index contributed by atoms with van der Waals surface area (Å²) in [6.07, 6.45) is 3.58. The molecule has 0 amide bonds. The Bertz CT molecular complexity index is 598. The number of aliphatic hydroxyl groups is 1. The van der Waals surface area contributed by atoms with Crippen LogP contribution < -0.4 is 0 Å². The average Bonchev–Trinajstić information content (AvgIpc) is 2.46. The smallest absolute Gasteiger partial charge is 0.142 e. The Hall–Kier alpha value is -2.30. The third-order valence-corrected chi connectivity index (χ3v) is 2.63. The van der Waals surface area contributed by atoms with E-state index in [0.29, 0.717) is 0 Å². The maximum atomic E-state index is 10.2. The minimum Gasteiger partial charge on any atom is -0.374 e. The van der Waals surface area contributed by atoms with Gasteiger partial charge in [0.25, 0.3) is 0 Å². The number of hydrogen-bond donors (Lipinski definition) is 1. The van der Waals surface area contributed by atoms with Crippen LogP contribution in [0.25, 0.3) is 6.08 Å². The van der Waals surface area contributed by atoms with Crippen LogP contribution in [0.15, 0.2) is 66.7 Å². The van der Waals surface area contributed by atoms with E-state index in [1.54, 1.807) is 13.0 Å². The van der Waals surface area contributed by atoms with Gasteiger partial charge >= 0.3 is 0 Å². The zero-order valence-electron chi connectivity index (χ0n) is 10.9. The van der Waals surface area contributed by atoms with Crippen LogP contribution in [-0.2, 0) is 0 Å². The van der Waals surface area contributed by atoms with Gasteiger partial charge in [0.05, 0.1) is 0 Å². The second-order valence-electron chi connectivity index (χ2n) is 4.51. The van der Waals surface area contributed by atoms with Gasteiger partial charge in [0.2, 0.25) is 0 Å². The van der Waals surface area contributed by atoms with Crippen LogP contribution in [-0.4, -0.2) is 10.7 Å². The van der Waals surface area contributed by atoms with E-state index in [9.17, 15) is 5.11 Å². The Kier molecular flexibility index (Phi) is 4.18. The molecule has 2 aromatic rings. The summed E-state index contributed by atoms with van der Waals surface area (Å²) in [7, 11) is 0. The molecule has 1 heteroatoms. The summed E-state index contributed by atoms with van der Waals surface area (Å²) >= 11 is 0. The number of rotatable bonds is 2. The van der Waals surface area contributed by atoms with Gasteiger partial charge in [-0.2, -0.15) is 0 Å². The topological polar surface area (TPSA) is 20.2 Å². The molecule has 0 aliphatic carbocycles. The molecule has 0 radical (unpaired) electrons. The Morgan fingerprint density at radius 1 is 0.947 bits per heavy atom. The Labute approximate surface area is 114 Å². The zero-order valence-corrected chi connectivity index (χ0v) is 10.9. The van der Waals surface area contributed by atoms with Crippen molar-refractivity contribution in [3.05, 3.63) is 77.9 Å². The van der Waals surface area contributed by atoms with E-state index in [0.717, 1.165) is 11.1 Å². The second-order valence-corrected chi connectivity index (χ2v) is 4.51. The maximum Gasteiger partial charge on any atom is 0.142 e. The Morgan fingerprint density at radius 3 is 2.16 bits per heavy atom. The van der Waals surface area contributed by atoms with Crippen molar-refractivity contribution in [1.29, 1.82) is 0 Å². The van der Waals surface area contributed by atoms with Crippen LogP contribution in [0, 0.1) is 11.8 Å². The van der Waals surface area contributed by atoms with Gasteiger partial charge in [0.1, 0.15) is 5.60 Å². The lowest BCUT2D eigenvalue weighted by Crippen LogP contribution is -2.17. The molecule has 94 valence electrons. The van der Waals surface area contributed by atoms with E-state index in [4.69, 9.17) is 0 Å². The van der Waals surface area contributed by atoms with Crippen molar-refractivity contribution in [2.24, 2.45) is 0 Å². The fraction of sp³-hybridized carbons (Fsp3) is 0.111. The molecule has 1 atom stereocenters. The summed E-state index contributed by atoms with van der Waals surface area (Å²) in [5.41, 5.74) is 0.811. The fourth-order valence-corrected chi connectivity index (χ4v) is 1.58. The minimum atomic E-state index is -1.13. The molecule has 0 aliphatic rings. The molecule has 0 spiro atoms. The van der Waals surface area contributed by atoms with Gasteiger partial charge < -0.3 is 5.11 Å². The van der Waals surface area contributed by atoms with Gasteiger partial charge in [-0.05, 0) is 30.7 Å². The highest BCUT2D eigenvalue weighted by Crippen LogP contribution is 2.09. The molecule has 0 fully saturated rings. The molecule has 0 saturated heterocycles. The SMILES string of the molecule is CC(O)(C#Cc1ccccc1)C=Cc1ccccc1. The standard InChI is InChI=1S/C18H16O/c1-18(19,14-12-16-8-4-2-5-9-16)15-13-17-10-6-3-7-11-17/h2-12,14,19H,1H3. The normalized spacial score (nSPS) is 13.6. The maximum absolute atomic E-state index is 10.2. The Balaban J connectivity index is 2.11. The molecule has 19 heavy (non-hydrogen) atoms. The molecule has 0 saturated carbocycles. The molecule has 0 aliphatic heterocycles. The number of hydrogen-bond acceptors (Lipinski definition) is 1. The lowest BCUT2D eigenvalue weighted by Gasteiger charge is -2.09. The van der Waals surface area contributed by atoms with E-state index in [1.165, 1.54) is 0 Å². The highest BCUT2D eigenvalue weighted by Gasteiger charge is 2.10. The third-order valence-electron chi connectivity index (χ3n) is 2.63. The molecular formula is C18H16O. The van der Waals surface area contributed by atoms with Crippen molar-refractivity contribution < 1.29 is 5.11 Å². The molecule has 2 rings (SSSR count). The first kappa shape index (κ1) is 13.1. The molecule has 2 aromatic carbocycles. The summed E-state index contributed by atoms with van der Waals surface area (Å²) in [5, 5.41) is 10.2. The highest BCUT2D eigenvalue weighted by atomic mass is 16.3. The monoisotopic (exact) mass is 248 g/mol. The van der Waals surface area contributed by atoms with Crippen molar-refractivity contribution in [3.8, 4) is 11.8 Å². The van der Waals surface area contributed by atoms with Gasteiger partial charge in [-0.25, -0.2) is 0 Å². The van der Waals surface area contributed by atoms with Crippen LogP contribution in [0.3, 0.4) is 0 Å². The summed E-state index contributed by atoms with van der Waals surface area (Å²) in [4.78, 5) is 0. The minimum absolute atomic E-state index is 0.899. The van der Waals surface area contributed by atoms with Gasteiger partial charge in [-0.15, -0.1) is 0 Å². The van der Waals surface area contributed by atoms with Gasteiger partial charge in [-0.3, -0.25) is 0 Å². The predicted molar refractivity (Wildman–Crippen MR) is 79.4 cm³/mol. The van der Waals surface area contributed by atoms with Crippen molar-refractivity contribution in [3.63, 3.8) is 0 Å². The molecule has 1 N–H and O–H groups in total. The number of benzene rings is 2. The van der Waals surface area contributed by atoms with Crippen molar-refractivity contribution in [2.45, 2.75) is 12.5 Å². The molecule has 0 heterocycles. The van der Waals surface area contributed by atoms with Gasteiger partial charge in [-0.1, -0.05) is 66.4 Å². The predicted octanol–water partition coefficient (Wildman–Crippen LogP) is 3.50. The molecule has 0 bridgehead atoms. The fourth-order valence-electron chi connectivity index (χ4n) is 1.58. The van der Waals surface area contributed by atoms with Crippen molar-refractivity contribution >= 4 is 6.08 Å². The van der Waals surface area contributed by atoms with Crippen molar-refractivity contribution in [2.75, 3.05) is 0 Å². The van der Waals surface area contributed by atoms with Gasteiger partial charge in [0.15, 0.2) is 0 Å². The quantitative estimate of drug-likeness (QED) is 0.806. The third kappa shape index (κ3) is 4.46. The van der Waals surface area contributed by atoms with Crippen LogP contribution in [0.1, 0.15) is 18.1 Å². The second kappa shape index (κ2) is 6.04. The summed E-state index contributed by atoms with van der Waals surface area (Å²) in [5.74, 6) is 5.83. The first-order chi connectivity index (χ1) is 9.16. The van der Waals surface area contributed by atoms with E-state index < -0.39 is 5.60 Å². The summed E-state index contributed by atoms with van der Waals surface area (Å²) in [6.45, 7) is 1.68. The lowest BCUT2D eigenvalue weighted by molar-refractivity contribution is 0.175. The van der Waals surface area contributed by atoms with Crippen LogP contribution in [0.2, 0.25) is 0 Å². The largest absolute Gasteiger partial charge is 0.374 e. The first-order valence-electron chi connectivity index (χ1n) is 6.21. The molecule has 1 nitrogen and oxygen atoms in total. The van der Waals surface area contributed by atoms with E-state index in [2.05, 4.69) is 11.8 Å². The molecular weight excluding hydrogens is 232 g/mol. The zero-order chi connectivity index (χ0) is 13.6. The average molecular weight is 248 g/mol. The summed E-state index contributed by atoms with van der Waals surface area (Å²) in [6, 6.07) is 19.5.